The molecule has 26 heavy (non-hydrogen) atoms. The van der Waals surface area contributed by atoms with E-state index in [0.717, 1.165) is 24.5 Å². The summed E-state index contributed by atoms with van der Waals surface area (Å²) in [5.74, 6) is -2.07. The molecule has 0 unspecified atom stereocenters. The number of halogens is 2. The van der Waals surface area contributed by atoms with Gasteiger partial charge >= 0.3 is 17.3 Å². The van der Waals surface area contributed by atoms with E-state index in [9.17, 15) is 29.8 Å². The van der Waals surface area contributed by atoms with Gasteiger partial charge in [-0.1, -0.05) is 23.2 Å². The second kappa shape index (κ2) is 8.64. The summed E-state index contributed by atoms with van der Waals surface area (Å²) in [4.78, 5) is 46.9. The van der Waals surface area contributed by atoms with Gasteiger partial charge < -0.3 is 10.8 Å². The number of rotatable bonds is 4. The normalized spacial score (nSPS) is 9.62. The number of nitrogens with zero attached hydrogens (tertiary/aromatic N) is 4. The van der Waals surface area contributed by atoms with Gasteiger partial charge in [-0.25, -0.2) is 14.8 Å². The summed E-state index contributed by atoms with van der Waals surface area (Å²) in [6, 6.07) is 1.84. The fourth-order valence-electron chi connectivity index (χ4n) is 1.38. The quantitative estimate of drug-likeness (QED) is 0.436. The van der Waals surface area contributed by atoms with Crippen molar-refractivity contribution in [1.82, 2.24) is 9.97 Å². The first kappa shape index (κ1) is 20.7. The van der Waals surface area contributed by atoms with E-state index in [1.54, 1.807) is 0 Å². The Morgan fingerprint density at radius 1 is 0.962 bits per heavy atom. The number of amides is 1. The molecule has 2 rings (SSSR count). The van der Waals surface area contributed by atoms with Gasteiger partial charge in [0.1, 0.15) is 0 Å². The third kappa shape index (κ3) is 5.32. The van der Waals surface area contributed by atoms with E-state index in [-0.39, 0.29) is 21.4 Å². The minimum absolute atomic E-state index is 0.0453. The number of carbonyl (C=O) groups excluding carboxylic acids is 1. The van der Waals surface area contributed by atoms with Crippen LogP contribution in [0, 0.1) is 20.2 Å². The van der Waals surface area contributed by atoms with E-state index in [4.69, 9.17) is 34.0 Å². The highest BCUT2D eigenvalue weighted by Crippen LogP contribution is 2.22. The molecular formula is C12H7Cl2N5O7. The maximum atomic E-state index is 10.6. The fraction of sp³-hybridized carbons (Fsp3) is 0. The Morgan fingerprint density at radius 3 is 1.69 bits per heavy atom. The van der Waals surface area contributed by atoms with E-state index in [2.05, 4.69) is 9.97 Å². The van der Waals surface area contributed by atoms with Gasteiger partial charge in [-0.05, 0) is 0 Å². The number of carboxylic acid groups (broad SMARTS) is 1. The number of nitro groups is 2. The average Bonchev–Trinajstić information content (AvgIpc) is 2.55. The molecule has 12 nitrogen and oxygen atoms in total. The lowest BCUT2D eigenvalue weighted by Gasteiger charge is -1.96. The number of aromatic nitrogens is 2. The summed E-state index contributed by atoms with van der Waals surface area (Å²) in [6.45, 7) is 0. The molecule has 0 spiro atoms. The molecule has 3 N–H and O–H groups in total. The Kier molecular flexibility index (Phi) is 6.87. The Labute approximate surface area is 153 Å². The minimum atomic E-state index is -1.28. The van der Waals surface area contributed by atoms with Gasteiger partial charge in [0.05, 0.1) is 21.0 Å². The molecule has 2 heterocycles. The molecule has 2 aromatic heterocycles. The highest BCUT2D eigenvalue weighted by atomic mass is 35.5. The van der Waals surface area contributed by atoms with Crippen LogP contribution in [0.3, 0.4) is 0 Å². The molecule has 0 saturated carbocycles. The van der Waals surface area contributed by atoms with Gasteiger partial charge in [-0.2, -0.15) is 0 Å². The monoisotopic (exact) mass is 403 g/mol. The predicted molar refractivity (Wildman–Crippen MR) is 87.3 cm³/mol. The molecule has 0 aliphatic carbocycles. The fourth-order valence-corrected chi connectivity index (χ4v) is 1.73. The average molecular weight is 404 g/mol. The van der Waals surface area contributed by atoms with Crippen molar-refractivity contribution in [2.75, 3.05) is 0 Å². The van der Waals surface area contributed by atoms with Crippen molar-refractivity contribution < 1.29 is 24.5 Å². The van der Waals surface area contributed by atoms with Crippen LogP contribution in [0.15, 0.2) is 24.5 Å². The number of hydrogen-bond donors (Lipinski definition) is 2. The largest absolute Gasteiger partial charge is 0.478 e. The molecule has 14 heteroatoms. The molecule has 0 saturated heterocycles. The minimum Gasteiger partial charge on any atom is -0.478 e. The Bertz CT molecular complexity index is 832. The SMILES string of the molecule is NC(=O)c1cnc(Cl)c([N+](=O)[O-])c1.O=C(O)c1cnc(Cl)c([N+](=O)[O-])c1. The zero-order valence-corrected chi connectivity index (χ0v) is 13.8. The van der Waals surface area contributed by atoms with Gasteiger partial charge in [-0.3, -0.25) is 25.0 Å². The zero-order valence-electron chi connectivity index (χ0n) is 12.3. The summed E-state index contributed by atoms with van der Waals surface area (Å²) < 4.78 is 0. The molecule has 1 amide bonds. The first-order valence-electron chi connectivity index (χ1n) is 6.17. The van der Waals surface area contributed by atoms with Crippen LogP contribution in [0.1, 0.15) is 20.7 Å². The van der Waals surface area contributed by atoms with E-state index in [1.807, 2.05) is 0 Å². The molecule has 0 fully saturated rings. The number of carboxylic acids is 1. The summed E-state index contributed by atoms with van der Waals surface area (Å²) in [7, 11) is 0. The third-order valence-corrected chi connectivity index (χ3v) is 3.15. The van der Waals surface area contributed by atoms with Gasteiger partial charge in [0, 0.05) is 24.5 Å². The van der Waals surface area contributed by atoms with Crippen molar-refractivity contribution in [3.8, 4) is 0 Å². The number of hydrogen-bond acceptors (Lipinski definition) is 8. The van der Waals surface area contributed by atoms with Crippen LogP contribution in [0.5, 0.6) is 0 Å². The number of pyridine rings is 2. The van der Waals surface area contributed by atoms with Crippen molar-refractivity contribution in [2.24, 2.45) is 5.73 Å². The van der Waals surface area contributed by atoms with Crippen molar-refractivity contribution in [3.63, 3.8) is 0 Å². The molecular weight excluding hydrogens is 397 g/mol. The summed E-state index contributed by atoms with van der Waals surface area (Å²) in [5, 5.41) is 28.5. The van der Waals surface area contributed by atoms with E-state index >= 15 is 0 Å². The van der Waals surface area contributed by atoms with Crippen LogP contribution >= 0.6 is 23.2 Å². The van der Waals surface area contributed by atoms with Crippen LogP contribution in [0.2, 0.25) is 10.3 Å². The van der Waals surface area contributed by atoms with Crippen LogP contribution < -0.4 is 5.73 Å². The molecule has 0 aliphatic heterocycles. The zero-order chi connectivity index (χ0) is 20.0. The molecule has 2 aromatic rings. The smallest absolute Gasteiger partial charge is 0.337 e. The predicted octanol–water partition coefficient (Wildman–Crippen LogP) is 2.08. The maximum absolute atomic E-state index is 10.6. The lowest BCUT2D eigenvalue weighted by atomic mass is 10.2. The van der Waals surface area contributed by atoms with Crippen LogP contribution in [-0.2, 0) is 0 Å². The standard InChI is InChI=1S/C6H4ClN3O3.C6H3ClN2O4/c7-5-4(10(12)13)1-3(2-9-5)6(8)11;7-5-4(9(12)13)1-3(2-8-5)6(10)11/h1-2H,(H2,8,11);1-2H,(H,10,11). The molecule has 0 atom stereocenters. The first-order valence-corrected chi connectivity index (χ1v) is 6.93. The molecule has 0 aromatic carbocycles. The van der Waals surface area contributed by atoms with Gasteiger partial charge in [-0.15, -0.1) is 0 Å². The second-order valence-electron chi connectivity index (χ2n) is 4.25. The number of carbonyl (C=O) groups is 2. The van der Waals surface area contributed by atoms with Crippen molar-refractivity contribution >= 4 is 46.5 Å². The molecule has 0 bridgehead atoms. The van der Waals surface area contributed by atoms with Gasteiger partial charge in [0.15, 0.2) is 0 Å². The van der Waals surface area contributed by atoms with E-state index in [0.29, 0.717) is 0 Å². The van der Waals surface area contributed by atoms with Gasteiger partial charge in [0.25, 0.3) is 5.91 Å². The summed E-state index contributed by atoms with van der Waals surface area (Å²) in [6.07, 6.45) is 2.04. The Hall–Kier alpha value is -3.38. The topological polar surface area (TPSA) is 192 Å². The van der Waals surface area contributed by atoms with Crippen LogP contribution in [0.4, 0.5) is 11.4 Å². The van der Waals surface area contributed by atoms with Crippen molar-refractivity contribution in [1.29, 1.82) is 0 Å². The molecule has 0 radical (unpaired) electrons. The second-order valence-corrected chi connectivity index (χ2v) is 4.97. The highest BCUT2D eigenvalue weighted by molar-refractivity contribution is 6.31. The highest BCUT2D eigenvalue weighted by Gasteiger charge is 2.17. The number of nitrogens with two attached hydrogens (primary N) is 1. The van der Waals surface area contributed by atoms with E-state index < -0.39 is 33.1 Å². The molecule has 136 valence electrons. The summed E-state index contributed by atoms with van der Waals surface area (Å²) in [5.41, 5.74) is 3.63. The summed E-state index contributed by atoms with van der Waals surface area (Å²) >= 11 is 10.7. The maximum Gasteiger partial charge on any atom is 0.337 e. The first-order chi connectivity index (χ1) is 12.0. The lowest BCUT2D eigenvalue weighted by molar-refractivity contribution is -0.385. The van der Waals surface area contributed by atoms with E-state index in [1.165, 1.54) is 0 Å². The third-order valence-electron chi connectivity index (χ3n) is 2.57. The lowest BCUT2D eigenvalue weighted by Crippen LogP contribution is -2.11. The van der Waals surface area contributed by atoms with Gasteiger partial charge in [0.2, 0.25) is 10.3 Å². The van der Waals surface area contributed by atoms with Crippen LogP contribution in [-0.4, -0.2) is 36.8 Å². The number of primary amides is 1. The Morgan fingerprint density at radius 2 is 1.35 bits per heavy atom. The molecule has 0 aliphatic rings. The Balaban J connectivity index is 0.000000260. The van der Waals surface area contributed by atoms with Crippen molar-refractivity contribution in [3.05, 3.63) is 66.2 Å². The van der Waals surface area contributed by atoms with Crippen LogP contribution in [0.25, 0.3) is 0 Å². The number of aromatic carboxylic acids is 1. The van der Waals surface area contributed by atoms with Crippen molar-refractivity contribution in [2.45, 2.75) is 0 Å².